The Morgan fingerprint density at radius 1 is 1.14 bits per heavy atom. The second-order valence-electron chi connectivity index (χ2n) is 6.70. The van der Waals surface area contributed by atoms with Crippen LogP contribution in [-0.2, 0) is 19.4 Å². The molecule has 0 spiro atoms. The Morgan fingerprint density at radius 3 is 2.38 bits per heavy atom. The first-order valence-electron chi connectivity index (χ1n) is 8.10. The van der Waals surface area contributed by atoms with Gasteiger partial charge in [-0.2, -0.15) is 5.10 Å². The number of fused-ring (bicyclic) bond motifs is 3. The van der Waals surface area contributed by atoms with Crippen LogP contribution in [0.3, 0.4) is 0 Å². The van der Waals surface area contributed by atoms with E-state index in [-0.39, 0.29) is 0 Å². The Kier molecular flexibility index (Phi) is 3.30. The number of hydrogen-bond donors (Lipinski definition) is 2. The van der Waals surface area contributed by atoms with Crippen molar-refractivity contribution in [2.75, 3.05) is 0 Å². The van der Waals surface area contributed by atoms with Gasteiger partial charge in [0.15, 0.2) is 0 Å². The lowest BCUT2D eigenvalue weighted by Gasteiger charge is -2.23. The molecule has 2 unspecified atom stereocenters. The Morgan fingerprint density at radius 2 is 1.81 bits per heavy atom. The average molecular weight is 281 g/mol. The van der Waals surface area contributed by atoms with Crippen molar-refractivity contribution >= 4 is 0 Å². The van der Waals surface area contributed by atoms with Crippen LogP contribution in [0.4, 0.5) is 0 Å². The second-order valence-corrected chi connectivity index (χ2v) is 6.70. The van der Waals surface area contributed by atoms with Gasteiger partial charge in [0.1, 0.15) is 0 Å². The summed E-state index contributed by atoms with van der Waals surface area (Å²) in [7, 11) is 0. The van der Waals surface area contributed by atoms with Gasteiger partial charge in [-0.15, -0.1) is 0 Å². The molecular weight excluding hydrogens is 258 g/mol. The summed E-state index contributed by atoms with van der Waals surface area (Å²) in [6.07, 6.45) is 7.20. The van der Waals surface area contributed by atoms with Crippen molar-refractivity contribution in [2.24, 2.45) is 11.8 Å². The number of nitrogens with zero attached hydrogens (tertiary/aromatic N) is 1. The molecule has 110 valence electrons. The van der Waals surface area contributed by atoms with Gasteiger partial charge in [-0.1, -0.05) is 24.3 Å². The van der Waals surface area contributed by atoms with Crippen molar-refractivity contribution in [1.82, 2.24) is 15.5 Å². The minimum absolute atomic E-state index is 0.659. The molecule has 1 aromatic heterocycles. The molecule has 0 aliphatic heterocycles. The first-order chi connectivity index (χ1) is 10.3. The number of hydrogen-bond acceptors (Lipinski definition) is 2. The largest absolute Gasteiger partial charge is 0.309 e. The van der Waals surface area contributed by atoms with Crippen molar-refractivity contribution in [2.45, 2.75) is 45.2 Å². The molecule has 1 saturated carbocycles. The highest BCUT2D eigenvalue weighted by atomic mass is 15.1. The molecule has 2 bridgehead atoms. The highest BCUT2D eigenvalue weighted by Gasteiger charge is 2.38. The molecule has 2 atom stereocenters. The van der Waals surface area contributed by atoms with Gasteiger partial charge in [0, 0.05) is 23.8 Å². The lowest BCUT2D eigenvalue weighted by molar-refractivity contribution is 0.340. The predicted octanol–water partition coefficient (Wildman–Crippen LogP) is 3.00. The number of H-pyrrole nitrogens is 1. The van der Waals surface area contributed by atoms with Gasteiger partial charge in [-0.05, 0) is 55.6 Å². The van der Waals surface area contributed by atoms with E-state index >= 15 is 0 Å². The van der Waals surface area contributed by atoms with Crippen molar-refractivity contribution in [3.63, 3.8) is 0 Å². The van der Waals surface area contributed by atoms with Crippen molar-refractivity contribution in [3.05, 3.63) is 52.8 Å². The van der Waals surface area contributed by atoms with Gasteiger partial charge < -0.3 is 5.32 Å². The van der Waals surface area contributed by atoms with Gasteiger partial charge in [0.05, 0.1) is 6.20 Å². The number of aryl methyl sites for hydroxylation is 1. The first-order valence-corrected chi connectivity index (χ1v) is 8.10. The fourth-order valence-corrected chi connectivity index (χ4v) is 4.27. The molecule has 1 fully saturated rings. The molecule has 1 heterocycles. The number of aromatic amines is 1. The van der Waals surface area contributed by atoms with Gasteiger partial charge >= 0.3 is 0 Å². The Balaban J connectivity index is 1.51. The smallest absolute Gasteiger partial charge is 0.0535 e. The first kappa shape index (κ1) is 13.1. The molecule has 4 rings (SSSR count). The molecule has 2 aliphatic carbocycles. The highest BCUT2D eigenvalue weighted by Crippen LogP contribution is 2.40. The summed E-state index contributed by atoms with van der Waals surface area (Å²) in [5, 5.41) is 11.0. The third-order valence-electron chi connectivity index (χ3n) is 5.47. The van der Waals surface area contributed by atoms with E-state index in [0.717, 1.165) is 18.4 Å². The maximum atomic E-state index is 4.13. The molecule has 0 amide bonds. The quantitative estimate of drug-likeness (QED) is 0.908. The summed E-state index contributed by atoms with van der Waals surface area (Å²) < 4.78 is 0. The summed E-state index contributed by atoms with van der Waals surface area (Å²) in [5.41, 5.74) is 5.65. The lowest BCUT2D eigenvalue weighted by Crippen LogP contribution is -2.37. The van der Waals surface area contributed by atoms with Crippen molar-refractivity contribution in [3.8, 4) is 0 Å². The van der Waals surface area contributed by atoms with Crippen LogP contribution in [0.15, 0.2) is 30.5 Å². The van der Waals surface area contributed by atoms with E-state index < -0.39 is 0 Å². The van der Waals surface area contributed by atoms with E-state index in [1.54, 1.807) is 11.1 Å². The molecule has 3 nitrogen and oxygen atoms in total. The van der Waals surface area contributed by atoms with E-state index in [1.807, 2.05) is 6.20 Å². The number of nitrogens with one attached hydrogen (secondary N) is 2. The summed E-state index contributed by atoms with van der Waals surface area (Å²) in [6, 6.07) is 9.69. The van der Waals surface area contributed by atoms with Gasteiger partial charge in [0.2, 0.25) is 0 Å². The summed E-state index contributed by atoms with van der Waals surface area (Å²) >= 11 is 0. The normalized spacial score (nSPS) is 27.4. The molecule has 2 aromatic rings. The van der Waals surface area contributed by atoms with Crippen LogP contribution in [-0.4, -0.2) is 16.2 Å². The Bertz CT molecular complexity index is 598. The second kappa shape index (κ2) is 5.30. The zero-order valence-corrected chi connectivity index (χ0v) is 12.6. The molecule has 3 heteroatoms. The fraction of sp³-hybridized carbons (Fsp3) is 0.500. The number of aromatic nitrogens is 2. The average Bonchev–Trinajstić information content (AvgIpc) is 2.99. The standard InChI is InChI=1S/C18H23N3/c1-12-17(11-20-21-12)10-19-18-15-6-7-16(18)9-14-5-3-2-4-13(14)8-15/h2-5,11,15-16,18-19H,6-10H2,1H3,(H,20,21). The molecule has 0 saturated heterocycles. The summed E-state index contributed by atoms with van der Waals surface area (Å²) in [5.74, 6) is 1.59. The fourth-order valence-electron chi connectivity index (χ4n) is 4.27. The number of rotatable bonds is 3. The van der Waals surface area contributed by atoms with Gasteiger partial charge in [0.25, 0.3) is 0 Å². The predicted molar refractivity (Wildman–Crippen MR) is 84.0 cm³/mol. The van der Waals surface area contributed by atoms with Crippen LogP contribution in [0.1, 0.15) is 35.2 Å². The van der Waals surface area contributed by atoms with E-state index in [0.29, 0.717) is 6.04 Å². The maximum absolute atomic E-state index is 4.13. The summed E-state index contributed by atoms with van der Waals surface area (Å²) in [6.45, 7) is 3.04. The van der Waals surface area contributed by atoms with Gasteiger partial charge in [-0.3, -0.25) is 5.10 Å². The van der Waals surface area contributed by atoms with E-state index in [4.69, 9.17) is 0 Å². The van der Waals surface area contributed by atoms with Crippen molar-refractivity contribution in [1.29, 1.82) is 0 Å². The Labute approximate surface area is 126 Å². The highest BCUT2D eigenvalue weighted by molar-refractivity contribution is 5.31. The van der Waals surface area contributed by atoms with Crippen LogP contribution in [0.25, 0.3) is 0 Å². The molecule has 1 aromatic carbocycles. The Hall–Kier alpha value is -1.61. The van der Waals surface area contributed by atoms with Crippen LogP contribution in [0, 0.1) is 18.8 Å². The topological polar surface area (TPSA) is 40.7 Å². The van der Waals surface area contributed by atoms with E-state index in [2.05, 4.69) is 46.7 Å². The minimum Gasteiger partial charge on any atom is -0.309 e. The van der Waals surface area contributed by atoms with Crippen molar-refractivity contribution < 1.29 is 0 Å². The maximum Gasteiger partial charge on any atom is 0.0535 e. The minimum atomic E-state index is 0.659. The zero-order chi connectivity index (χ0) is 14.2. The van der Waals surface area contributed by atoms with Crippen LogP contribution in [0.2, 0.25) is 0 Å². The molecule has 0 radical (unpaired) electrons. The van der Waals surface area contributed by atoms with E-state index in [9.17, 15) is 0 Å². The van der Waals surface area contributed by atoms with Gasteiger partial charge in [-0.25, -0.2) is 0 Å². The number of benzene rings is 1. The monoisotopic (exact) mass is 281 g/mol. The molecular formula is C18H23N3. The van der Waals surface area contributed by atoms with Crippen LogP contribution in [0.5, 0.6) is 0 Å². The SMILES string of the molecule is Cc1[nH]ncc1CNC1C2CCC1Cc1ccccc1C2. The molecule has 2 aliphatic rings. The van der Waals surface area contributed by atoms with Crippen LogP contribution < -0.4 is 5.32 Å². The molecule has 2 N–H and O–H groups in total. The van der Waals surface area contributed by atoms with E-state index in [1.165, 1.54) is 36.9 Å². The summed E-state index contributed by atoms with van der Waals surface area (Å²) in [4.78, 5) is 0. The third-order valence-corrected chi connectivity index (χ3v) is 5.47. The van der Waals surface area contributed by atoms with Crippen LogP contribution >= 0.6 is 0 Å². The third kappa shape index (κ3) is 2.40. The molecule has 21 heavy (non-hydrogen) atoms. The zero-order valence-electron chi connectivity index (χ0n) is 12.6. The lowest BCUT2D eigenvalue weighted by atomic mass is 9.94.